The maximum Gasteiger partial charge on any atom is 0.267 e. The first-order valence-electron chi connectivity index (χ1n) is 11.1. The summed E-state index contributed by atoms with van der Waals surface area (Å²) in [6.07, 6.45) is 0. The van der Waals surface area contributed by atoms with Crippen LogP contribution in [0.25, 0.3) is 22.4 Å². The summed E-state index contributed by atoms with van der Waals surface area (Å²) in [4.78, 5) is 28.4. The Balaban J connectivity index is 1.89. The largest absolute Gasteiger partial charge is 0.337 e. The van der Waals surface area contributed by atoms with Crippen LogP contribution in [0.4, 0.5) is 0 Å². The summed E-state index contributed by atoms with van der Waals surface area (Å²) in [6, 6.07) is 13.6. The molecule has 0 atom stereocenters. The second-order valence-corrected chi connectivity index (χ2v) is 9.74. The van der Waals surface area contributed by atoms with Gasteiger partial charge in [0.05, 0.1) is 22.3 Å². The lowest BCUT2D eigenvalue weighted by Gasteiger charge is -2.30. The molecule has 2 heterocycles. The quantitative estimate of drug-likeness (QED) is 0.397. The first kappa shape index (κ1) is 23.0. The van der Waals surface area contributed by atoms with Crippen LogP contribution >= 0.6 is 11.8 Å². The Labute approximate surface area is 197 Å². The van der Waals surface area contributed by atoms with Crippen LogP contribution in [0.15, 0.2) is 52.4 Å². The predicted molar refractivity (Wildman–Crippen MR) is 133 cm³/mol. The number of hydrogen-bond acceptors (Lipinski definition) is 5. The molecule has 33 heavy (non-hydrogen) atoms. The fourth-order valence-corrected chi connectivity index (χ4v) is 5.31. The van der Waals surface area contributed by atoms with Crippen molar-refractivity contribution in [1.82, 2.24) is 24.1 Å². The molecule has 0 radical (unpaired) electrons. The smallest absolute Gasteiger partial charge is 0.267 e. The maximum absolute atomic E-state index is 13.6. The molecule has 0 N–H and O–H groups in total. The van der Waals surface area contributed by atoms with Crippen molar-refractivity contribution in [3.05, 3.63) is 63.9 Å². The zero-order chi connectivity index (χ0) is 23.9. The van der Waals surface area contributed by atoms with E-state index in [9.17, 15) is 9.59 Å². The standard InChI is InChI=1S/C25H29N5O2S/c1-15(2)28(16(3)4)21(31)14-33-25-27-26-24-29(25)20-13-8-7-12-19(20)23(32)30(24)22-17(5)10-9-11-18(22)6/h7-13,15-16H,14H2,1-6H3. The molecule has 0 aliphatic heterocycles. The van der Waals surface area contributed by atoms with E-state index in [1.54, 1.807) is 4.57 Å². The van der Waals surface area contributed by atoms with Gasteiger partial charge in [-0.05, 0) is 64.8 Å². The lowest BCUT2D eigenvalue weighted by Crippen LogP contribution is -2.43. The normalized spacial score (nSPS) is 11.8. The molecule has 4 aromatic rings. The third-order valence-corrected chi connectivity index (χ3v) is 6.70. The Morgan fingerprint density at radius 1 is 0.970 bits per heavy atom. The molecule has 2 aromatic carbocycles. The number of hydrogen-bond donors (Lipinski definition) is 0. The summed E-state index contributed by atoms with van der Waals surface area (Å²) in [6.45, 7) is 12.0. The van der Waals surface area contributed by atoms with Gasteiger partial charge in [0.25, 0.3) is 5.56 Å². The molecule has 2 aromatic heterocycles. The predicted octanol–water partition coefficient (Wildman–Crippen LogP) is 4.39. The van der Waals surface area contributed by atoms with Gasteiger partial charge in [0, 0.05) is 12.1 Å². The Kier molecular flexibility index (Phi) is 6.30. The summed E-state index contributed by atoms with van der Waals surface area (Å²) in [7, 11) is 0. The van der Waals surface area contributed by atoms with E-state index in [1.165, 1.54) is 11.8 Å². The minimum Gasteiger partial charge on any atom is -0.337 e. The minimum atomic E-state index is -0.138. The highest BCUT2D eigenvalue weighted by Crippen LogP contribution is 2.26. The zero-order valence-corrected chi connectivity index (χ0v) is 20.7. The number of carbonyl (C=O) groups excluding carboxylic acids is 1. The molecule has 4 rings (SSSR count). The van der Waals surface area contributed by atoms with Crippen LogP contribution < -0.4 is 5.56 Å². The molecule has 8 heteroatoms. The molecule has 7 nitrogen and oxygen atoms in total. The van der Waals surface area contributed by atoms with Crippen LogP contribution in [0.5, 0.6) is 0 Å². The third kappa shape index (κ3) is 4.04. The highest BCUT2D eigenvalue weighted by Gasteiger charge is 2.23. The molecule has 0 bridgehead atoms. The average molecular weight is 464 g/mol. The van der Waals surface area contributed by atoms with Crippen molar-refractivity contribution in [2.75, 3.05) is 5.75 Å². The fourth-order valence-electron chi connectivity index (χ4n) is 4.51. The van der Waals surface area contributed by atoms with Crippen molar-refractivity contribution >= 4 is 34.3 Å². The Morgan fingerprint density at radius 2 is 1.61 bits per heavy atom. The van der Waals surface area contributed by atoms with E-state index in [1.807, 2.05) is 93.3 Å². The second kappa shape index (κ2) is 9.02. The van der Waals surface area contributed by atoms with Gasteiger partial charge in [0.1, 0.15) is 0 Å². The summed E-state index contributed by atoms with van der Waals surface area (Å²) in [5.41, 5.74) is 3.35. The van der Waals surface area contributed by atoms with Gasteiger partial charge in [0.2, 0.25) is 11.7 Å². The van der Waals surface area contributed by atoms with Crippen LogP contribution in [-0.4, -0.2) is 47.8 Å². The molecular weight excluding hydrogens is 434 g/mol. The maximum atomic E-state index is 13.6. The number of nitrogens with zero attached hydrogens (tertiary/aromatic N) is 5. The van der Waals surface area contributed by atoms with Gasteiger partial charge >= 0.3 is 0 Å². The fraction of sp³-hybridized carbons (Fsp3) is 0.360. The number of aromatic nitrogens is 4. The molecule has 0 saturated carbocycles. The van der Waals surface area contributed by atoms with Crippen LogP contribution in [0.3, 0.4) is 0 Å². The molecular formula is C25H29N5O2S. The van der Waals surface area contributed by atoms with E-state index >= 15 is 0 Å². The molecule has 0 aliphatic rings. The molecule has 172 valence electrons. The lowest BCUT2D eigenvalue weighted by atomic mass is 10.1. The average Bonchev–Trinajstić information content (AvgIpc) is 3.17. The van der Waals surface area contributed by atoms with Crippen molar-refractivity contribution in [2.45, 2.75) is 58.8 Å². The Hall–Kier alpha value is -3.13. The van der Waals surface area contributed by atoms with Gasteiger partial charge < -0.3 is 4.90 Å². The Morgan fingerprint density at radius 3 is 2.24 bits per heavy atom. The van der Waals surface area contributed by atoms with Crippen molar-refractivity contribution < 1.29 is 4.79 Å². The number of aryl methyl sites for hydroxylation is 2. The van der Waals surface area contributed by atoms with Crippen molar-refractivity contribution in [2.24, 2.45) is 0 Å². The van der Waals surface area contributed by atoms with E-state index in [0.29, 0.717) is 16.3 Å². The van der Waals surface area contributed by atoms with Gasteiger partial charge in [0.15, 0.2) is 5.16 Å². The summed E-state index contributed by atoms with van der Waals surface area (Å²) < 4.78 is 3.52. The number of rotatable bonds is 6. The summed E-state index contributed by atoms with van der Waals surface area (Å²) >= 11 is 1.34. The van der Waals surface area contributed by atoms with Crippen molar-refractivity contribution in [3.8, 4) is 5.69 Å². The van der Waals surface area contributed by atoms with E-state index in [2.05, 4.69) is 10.2 Å². The molecule has 1 amide bonds. The highest BCUT2D eigenvalue weighted by molar-refractivity contribution is 7.99. The molecule has 0 unspecified atom stereocenters. The van der Waals surface area contributed by atoms with Crippen LogP contribution in [0, 0.1) is 13.8 Å². The van der Waals surface area contributed by atoms with Gasteiger partial charge in [-0.1, -0.05) is 42.1 Å². The SMILES string of the molecule is Cc1cccc(C)c1-n1c(=O)c2ccccc2n2c(SCC(=O)N(C(C)C)C(C)C)nnc12. The van der Waals surface area contributed by atoms with Crippen molar-refractivity contribution in [3.63, 3.8) is 0 Å². The minimum absolute atomic E-state index is 0.0501. The second-order valence-electron chi connectivity index (χ2n) is 8.79. The first-order valence-corrected chi connectivity index (χ1v) is 12.1. The van der Waals surface area contributed by atoms with Crippen molar-refractivity contribution in [1.29, 1.82) is 0 Å². The number of amides is 1. The zero-order valence-electron chi connectivity index (χ0n) is 19.9. The Bertz CT molecular complexity index is 1380. The van der Waals surface area contributed by atoms with E-state index in [4.69, 9.17) is 0 Å². The van der Waals surface area contributed by atoms with E-state index in [0.717, 1.165) is 22.3 Å². The van der Waals surface area contributed by atoms with Crippen LogP contribution in [0.1, 0.15) is 38.8 Å². The molecule has 0 aliphatic carbocycles. The number of benzene rings is 2. The molecule has 0 saturated heterocycles. The van der Waals surface area contributed by atoms with E-state index in [-0.39, 0.29) is 29.3 Å². The monoisotopic (exact) mass is 463 g/mol. The number of carbonyl (C=O) groups is 1. The first-order chi connectivity index (χ1) is 15.7. The number of para-hydroxylation sites is 2. The van der Waals surface area contributed by atoms with E-state index < -0.39 is 0 Å². The topological polar surface area (TPSA) is 72.5 Å². The number of fused-ring (bicyclic) bond motifs is 3. The lowest BCUT2D eigenvalue weighted by molar-refractivity contribution is -0.131. The summed E-state index contributed by atoms with van der Waals surface area (Å²) in [5, 5.41) is 9.97. The summed E-state index contributed by atoms with van der Waals surface area (Å²) in [5.74, 6) is 0.735. The van der Waals surface area contributed by atoms with Gasteiger partial charge in [-0.15, -0.1) is 10.2 Å². The highest BCUT2D eigenvalue weighted by atomic mass is 32.2. The molecule has 0 fully saturated rings. The number of thioether (sulfide) groups is 1. The molecule has 0 spiro atoms. The van der Waals surface area contributed by atoms with Gasteiger partial charge in [-0.25, -0.2) is 4.57 Å². The third-order valence-electron chi connectivity index (χ3n) is 5.78. The van der Waals surface area contributed by atoms with Crippen LogP contribution in [-0.2, 0) is 4.79 Å². The van der Waals surface area contributed by atoms with Gasteiger partial charge in [-0.2, -0.15) is 0 Å². The van der Waals surface area contributed by atoms with Gasteiger partial charge in [-0.3, -0.25) is 14.0 Å². The van der Waals surface area contributed by atoms with Crippen LogP contribution in [0.2, 0.25) is 0 Å².